The normalized spacial score (nSPS) is 18.7. The first-order valence-corrected chi connectivity index (χ1v) is 12.9. The molecular formula is C27H26FNOSe. The van der Waals surface area contributed by atoms with E-state index in [1.807, 2.05) is 41.3 Å². The zero-order chi connectivity index (χ0) is 21.8. The molecule has 0 saturated carbocycles. The van der Waals surface area contributed by atoms with Gasteiger partial charge in [0.15, 0.2) is 0 Å². The average molecular weight is 478 g/mol. The van der Waals surface area contributed by atoms with Crippen LogP contribution in [0.2, 0.25) is 5.32 Å². The predicted molar refractivity (Wildman–Crippen MR) is 125 cm³/mol. The summed E-state index contributed by atoms with van der Waals surface area (Å²) >= 11 is 0.295. The number of rotatable bonds is 7. The van der Waals surface area contributed by atoms with Crippen LogP contribution in [0, 0.1) is 11.2 Å². The van der Waals surface area contributed by atoms with Crippen molar-refractivity contribution in [1.82, 2.24) is 4.90 Å². The maximum atomic E-state index is 13.8. The van der Waals surface area contributed by atoms with Crippen LogP contribution in [-0.4, -0.2) is 25.8 Å². The summed E-state index contributed by atoms with van der Waals surface area (Å²) < 4.78 is 13.6. The number of amides is 1. The van der Waals surface area contributed by atoms with Crippen molar-refractivity contribution in [3.8, 4) is 0 Å². The van der Waals surface area contributed by atoms with E-state index in [0.29, 0.717) is 21.5 Å². The van der Waals surface area contributed by atoms with E-state index in [-0.39, 0.29) is 11.7 Å². The van der Waals surface area contributed by atoms with Crippen LogP contribution in [0.4, 0.5) is 4.39 Å². The molecule has 0 N–H and O–H groups in total. The Kier molecular flexibility index (Phi) is 6.40. The van der Waals surface area contributed by atoms with Gasteiger partial charge < -0.3 is 0 Å². The zero-order valence-corrected chi connectivity index (χ0v) is 19.6. The van der Waals surface area contributed by atoms with Crippen LogP contribution in [0.15, 0.2) is 90.5 Å². The SMILES string of the molecule is CC1=C(c2ccc(F)cc2)N(Cc2ccccc2)C(=O)C1(C)C[Se]Cc1ccccc1. The molecule has 0 aliphatic carbocycles. The van der Waals surface area contributed by atoms with Gasteiger partial charge in [-0.25, -0.2) is 0 Å². The molecule has 0 saturated heterocycles. The van der Waals surface area contributed by atoms with Crippen molar-refractivity contribution in [3.63, 3.8) is 0 Å². The summed E-state index contributed by atoms with van der Waals surface area (Å²) in [5.74, 6) is -0.127. The number of hydrogen-bond donors (Lipinski definition) is 0. The monoisotopic (exact) mass is 479 g/mol. The third kappa shape index (κ3) is 4.51. The van der Waals surface area contributed by atoms with Crippen LogP contribution >= 0.6 is 0 Å². The maximum absolute atomic E-state index is 13.8. The van der Waals surface area contributed by atoms with Crippen molar-refractivity contribution in [2.45, 2.75) is 31.0 Å². The number of halogens is 1. The number of hydrogen-bond acceptors (Lipinski definition) is 1. The predicted octanol–water partition coefficient (Wildman–Crippen LogP) is 5.93. The number of carbonyl (C=O) groups excluding carboxylic acids is 1. The van der Waals surface area contributed by atoms with Crippen LogP contribution in [-0.2, 0) is 16.7 Å². The molecule has 1 aliphatic rings. The molecule has 3 aromatic carbocycles. The van der Waals surface area contributed by atoms with Crippen LogP contribution in [0.3, 0.4) is 0 Å². The van der Waals surface area contributed by atoms with Crippen molar-refractivity contribution in [1.29, 1.82) is 0 Å². The second kappa shape index (κ2) is 9.21. The third-order valence-electron chi connectivity index (χ3n) is 5.97. The van der Waals surface area contributed by atoms with E-state index in [2.05, 4.69) is 38.1 Å². The molecule has 4 heteroatoms. The van der Waals surface area contributed by atoms with E-state index in [0.717, 1.165) is 33.0 Å². The Hall–Kier alpha value is -2.68. The molecule has 0 radical (unpaired) electrons. The molecule has 158 valence electrons. The molecule has 31 heavy (non-hydrogen) atoms. The fourth-order valence-corrected chi connectivity index (χ4v) is 6.72. The van der Waals surface area contributed by atoms with Crippen LogP contribution in [0.1, 0.15) is 30.5 Å². The Labute approximate surface area is 190 Å². The van der Waals surface area contributed by atoms with E-state index < -0.39 is 5.41 Å². The second-order valence-electron chi connectivity index (χ2n) is 8.17. The fourth-order valence-electron chi connectivity index (χ4n) is 4.04. The molecule has 4 rings (SSSR count). The van der Waals surface area contributed by atoms with Gasteiger partial charge in [0.1, 0.15) is 0 Å². The molecule has 1 amide bonds. The Morgan fingerprint density at radius 3 is 2.06 bits per heavy atom. The number of carbonyl (C=O) groups is 1. The van der Waals surface area contributed by atoms with Gasteiger partial charge >= 0.3 is 190 Å². The van der Waals surface area contributed by atoms with Crippen molar-refractivity contribution in [2.75, 3.05) is 0 Å². The molecule has 2 nitrogen and oxygen atoms in total. The standard InChI is InChI=1S/C27H26FNOSe/c1-20-25(23-13-15-24(28)16-14-23)29(17-21-9-5-3-6-10-21)26(30)27(20,2)19-31-18-22-11-7-4-8-12-22/h3-16H,17-19H2,1-2H3. The summed E-state index contributed by atoms with van der Waals surface area (Å²) in [5, 5.41) is 1.85. The summed E-state index contributed by atoms with van der Waals surface area (Å²) in [5.41, 5.74) is 4.76. The Bertz CT molecular complexity index is 1080. The van der Waals surface area contributed by atoms with Gasteiger partial charge in [-0.3, -0.25) is 0 Å². The zero-order valence-electron chi connectivity index (χ0n) is 17.8. The van der Waals surface area contributed by atoms with Crippen molar-refractivity contribution >= 4 is 26.6 Å². The van der Waals surface area contributed by atoms with Crippen LogP contribution in [0.25, 0.3) is 5.70 Å². The van der Waals surface area contributed by atoms with Gasteiger partial charge in [-0.2, -0.15) is 0 Å². The van der Waals surface area contributed by atoms with Gasteiger partial charge in [-0.05, 0) is 0 Å². The molecule has 0 bridgehead atoms. The molecule has 0 spiro atoms. The molecule has 0 fully saturated rings. The van der Waals surface area contributed by atoms with Gasteiger partial charge in [0, 0.05) is 0 Å². The summed E-state index contributed by atoms with van der Waals surface area (Å²) in [6.45, 7) is 4.66. The number of nitrogens with zero attached hydrogens (tertiary/aromatic N) is 1. The summed E-state index contributed by atoms with van der Waals surface area (Å²) in [7, 11) is 0. The molecule has 1 aliphatic heterocycles. The van der Waals surface area contributed by atoms with Gasteiger partial charge in [-0.1, -0.05) is 0 Å². The molecule has 3 aromatic rings. The van der Waals surface area contributed by atoms with Crippen LogP contribution < -0.4 is 0 Å². The van der Waals surface area contributed by atoms with E-state index in [1.165, 1.54) is 17.7 Å². The summed E-state index contributed by atoms with van der Waals surface area (Å²) in [6, 6.07) is 27.0. The third-order valence-corrected chi connectivity index (χ3v) is 8.74. The van der Waals surface area contributed by atoms with Crippen molar-refractivity contribution < 1.29 is 9.18 Å². The molecule has 1 unspecified atom stereocenters. The first-order chi connectivity index (χ1) is 15.0. The van der Waals surface area contributed by atoms with Crippen molar-refractivity contribution in [3.05, 3.63) is 113 Å². The summed E-state index contributed by atoms with van der Waals surface area (Å²) in [6.07, 6.45) is 0. The van der Waals surface area contributed by atoms with Crippen LogP contribution in [0.5, 0.6) is 0 Å². The van der Waals surface area contributed by atoms with Crippen molar-refractivity contribution in [2.24, 2.45) is 5.41 Å². The molecule has 1 heterocycles. The van der Waals surface area contributed by atoms with Gasteiger partial charge in [0.2, 0.25) is 0 Å². The van der Waals surface area contributed by atoms with E-state index in [9.17, 15) is 9.18 Å². The Morgan fingerprint density at radius 1 is 0.871 bits per heavy atom. The topological polar surface area (TPSA) is 20.3 Å². The second-order valence-corrected chi connectivity index (χ2v) is 10.2. The van der Waals surface area contributed by atoms with Gasteiger partial charge in [0.05, 0.1) is 0 Å². The fraction of sp³-hybridized carbons (Fsp3) is 0.222. The minimum atomic E-state index is -0.534. The minimum absolute atomic E-state index is 0.142. The number of benzene rings is 3. The van der Waals surface area contributed by atoms with E-state index in [4.69, 9.17) is 0 Å². The molecule has 1 atom stereocenters. The Morgan fingerprint density at radius 2 is 1.45 bits per heavy atom. The van der Waals surface area contributed by atoms with E-state index in [1.54, 1.807) is 12.1 Å². The quantitative estimate of drug-likeness (QED) is 0.386. The van der Waals surface area contributed by atoms with Gasteiger partial charge in [0.25, 0.3) is 0 Å². The Balaban J connectivity index is 1.64. The molecular weight excluding hydrogens is 452 g/mol. The first-order valence-electron chi connectivity index (χ1n) is 10.4. The van der Waals surface area contributed by atoms with E-state index >= 15 is 0 Å². The average Bonchev–Trinajstić information content (AvgIpc) is 2.97. The molecule has 0 aromatic heterocycles. The summed E-state index contributed by atoms with van der Waals surface area (Å²) in [4.78, 5) is 15.7. The first kappa shape index (κ1) is 21.5. The van der Waals surface area contributed by atoms with Gasteiger partial charge in [-0.15, -0.1) is 0 Å².